The van der Waals surface area contributed by atoms with Gasteiger partial charge in [-0.3, -0.25) is 0 Å². The number of ether oxygens (including phenoxy) is 6. The molecule has 20 nitrogen and oxygen atoms in total. The van der Waals surface area contributed by atoms with E-state index in [-0.39, 0.29) is 26.4 Å². The molecular formula is C28H60Cl4N10O10P6. The summed E-state index contributed by atoms with van der Waals surface area (Å²) in [6.45, 7) is 7.77. The van der Waals surface area contributed by atoms with E-state index >= 15 is 0 Å². The molecule has 5 rings (SSSR count). The Morgan fingerprint density at radius 1 is 0.276 bits per heavy atom. The van der Waals surface area contributed by atoms with Crippen LogP contribution in [0.1, 0.15) is 51.4 Å². The fourth-order valence-electron chi connectivity index (χ4n) is 5.75. The second-order valence-electron chi connectivity index (χ2n) is 13.1. The lowest BCUT2D eigenvalue weighted by atomic mass is 10.2. The van der Waals surface area contributed by atoms with Crippen LogP contribution in [0.3, 0.4) is 0 Å². The SMILES string of the molecule is ClP1(Cl)=NP23=NP(=N1)(NCCCCCCNP14=NP(Cl)(Cl)=NP(=N1)(NCCCCCCN2)OCCOCCOCCOCCO4)OCCOCCOCCOCCO3. The second kappa shape index (κ2) is 26.8. The molecular weight excluding hydrogens is 964 g/mol. The van der Waals surface area contributed by atoms with Crippen molar-refractivity contribution >= 4 is 87.1 Å². The minimum absolute atomic E-state index is 0.220. The molecule has 0 aromatic carbocycles. The highest BCUT2D eigenvalue weighted by Gasteiger charge is 2.39. The maximum atomic E-state index is 6.88. The van der Waals surface area contributed by atoms with Crippen molar-refractivity contribution in [1.29, 1.82) is 0 Å². The Morgan fingerprint density at radius 2 is 0.500 bits per heavy atom. The molecule has 0 saturated carbocycles. The Labute approximate surface area is 362 Å². The first kappa shape index (κ1) is 51.0. The average molecular weight is 1020 g/mol. The minimum Gasteiger partial charge on any atom is -0.377 e. The summed E-state index contributed by atoms with van der Waals surface area (Å²) in [5.74, 6) is -6.51. The molecule has 5 heterocycles. The van der Waals surface area contributed by atoms with Gasteiger partial charge in [0.1, 0.15) is 0 Å². The molecule has 4 atom stereocenters. The van der Waals surface area contributed by atoms with Gasteiger partial charge in [0.15, 0.2) is 0 Å². The van der Waals surface area contributed by atoms with Crippen molar-refractivity contribution in [2.24, 2.45) is 27.1 Å². The van der Waals surface area contributed by atoms with Crippen LogP contribution < -0.4 is 20.3 Å². The van der Waals surface area contributed by atoms with Gasteiger partial charge in [0, 0.05) is 26.2 Å². The zero-order valence-corrected chi connectivity index (χ0v) is 41.2. The first-order valence-electron chi connectivity index (χ1n) is 19.7. The molecule has 0 saturated heterocycles. The Morgan fingerprint density at radius 3 is 0.759 bits per heavy atom. The third kappa shape index (κ3) is 18.8. The van der Waals surface area contributed by atoms with Gasteiger partial charge in [-0.1, -0.05) is 25.7 Å². The van der Waals surface area contributed by atoms with Gasteiger partial charge in [-0.15, -0.1) is 0 Å². The molecule has 5 aliphatic heterocycles. The van der Waals surface area contributed by atoms with Crippen LogP contribution >= 0.6 is 87.1 Å². The van der Waals surface area contributed by atoms with Crippen molar-refractivity contribution in [3.63, 3.8) is 0 Å². The van der Waals surface area contributed by atoms with Gasteiger partial charge in [0.25, 0.3) is 42.2 Å². The number of hydrogen-bond donors (Lipinski definition) is 4. The Hall–Kier alpha value is 1.98. The fraction of sp³-hybridized carbons (Fsp3) is 1.00. The van der Waals surface area contributed by atoms with E-state index < -0.39 is 42.2 Å². The van der Waals surface area contributed by atoms with Crippen LogP contribution in [0.4, 0.5) is 0 Å². The van der Waals surface area contributed by atoms with Gasteiger partial charge < -0.3 is 46.5 Å². The molecule has 0 amide bonds. The van der Waals surface area contributed by atoms with Gasteiger partial charge >= 0.3 is 0 Å². The molecule has 0 spiro atoms. The summed E-state index contributed by atoms with van der Waals surface area (Å²) in [4.78, 5) is 0. The topological polar surface area (TPSA) is 215 Å². The maximum absolute atomic E-state index is 6.88. The molecule has 5 aliphatic rings. The number of nitrogens with zero attached hydrogens (tertiary/aromatic N) is 6. The van der Waals surface area contributed by atoms with Crippen LogP contribution in [-0.2, 0) is 46.5 Å². The largest absolute Gasteiger partial charge is 0.377 e. The van der Waals surface area contributed by atoms with Crippen LogP contribution in [0.15, 0.2) is 27.1 Å². The van der Waals surface area contributed by atoms with E-state index in [1.54, 1.807) is 0 Å². The highest BCUT2D eigenvalue weighted by molar-refractivity contribution is 8.13. The van der Waals surface area contributed by atoms with Gasteiger partial charge in [-0.2, -0.15) is 27.1 Å². The summed E-state index contributed by atoms with van der Waals surface area (Å²) in [7, 11) is -12.6. The van der Waals surface area contributed by atoms with E-state index in [4.69, 9.17) is 119 Å². The second-order valence-corrected chi connectivity index (χ2v) is 32.6. The molecule has 4 bridgehead atoms. The Kier molecular flexibility index (Phi) is 23.6. The van der Waals surface area contributed by atoms with Crippen LogP contribution in [0, 0.1) is 0 Å². The molecule has 340 valence electrons. The van der Waals surface area contributed by atoms with Gasteiger partial charge in [0.2, 0.25) is 0 Å². The number of hydrogen-bond acceptors (Lipinski definition) is 20. The van der Waals surface area contributed by atoms with Crippen molar-refractivity contribution in [2.45, 2.75) is 51.4 Å². The minimum atomic E-state index is -3.25. The summed E-state index contributed by atoms with van der Waals surface area (Å²) in [6, 6.07) is 0. The van der Waals surface area contributed by atoms with Crippen molar-refractivity contribution in [3.05, 3.63) is 0 Å². The first-order chi connectivity index (χ1) is 28.1. The monoisotopic (exact) mass is 1020 g/mol. The molecule has 58 heavy (non-hydrogen) atoms. The summed E-state index contributed by atoms with van der Waals surface area (Å²) >= 11 is 27.5. The van der Waals surface area contributed by atoms with E-state index in [9.17, 15) is 0 Å². The van der Waals surface area contributed by atoms with Crippen LogP contribution in [0.2, 0.25) is 0 Å². The Balaban J connectivity index is 1.36. The smallest absolute Gasteiger partial charge is 0.280 e. The molecule has 0 radical (unpaired) electrons. The van der Waals surface area contributed by atoms with Crippen molar-refractivity contribution in [1.82, 2.24) is 20.3 Å². The van der Waals surface area contributed by atoms with E-state index in [1.165, 1.54) is 0 Å². The highest BCUT2D eigenvalue weighted by Crippen LogP contribution is 2.82. The zero-order valence-electron chi connectivity index (χ0n) is 32.8. The van der Waals surface area contributed by atoms with E-state index in [2.05, 4.69) is 20.3 Å². The predicted octanol–water partition coefficient (Wildman–Crippen LogP) is 10.3. The van der Waals surface area contributed by atoms with Gasteiger partial charge in [-0.05, 0) is 70.6 Å². The summed E-state index contributed by atoms with van der Waals surface area (Å²) in [5.41, 5.74) is 0. The lowest BCUT2D eigenvalue weighted by molar-refractivity contribution is 0.00532. The van der Waals surface area contributed by atoms with E-state index in [0.717, 1.165) is 51.4 Å². The lowest BCUT2D eigenvalue weighted by Crippen LogP contribution is -2.21. The van der Waals surface area contributed by atoms with E-state index in [0.29, 0.717) is 105 Å². The number of rotatable bonds is 0. The van der Waals surface area contributed by atoms with Gasteiger partial charge in [0.05, 0.1) is 106 Å². The quantitative estimate of drug-likeness (QED) is 0.166. The van der Waals surface area contributed by atoms with Crippen molar-refractivity contribution in [2.75, 3.05) is 132 Å². The third-order valence-electron chi connectivity index (χ3n) is 8.36. The molecule has 0 fully saturated rings. The molecule has 4 unspecified atom stereocenters. The van der Waals surface area contributed by atoms with Crippen LogP contribution in [0.5, 0.6) is 0 Å². The van der Waals surface area contributed by atoms with Crippen molar-refractivity contribution < 1.29 is 46.5 Å². The first-order valence-corrected chi connectivity index (χ1v) is 33.2. The molecule has 0 aromatic rings. The average Bonchev–Trinajstić information content (AvgIpc) is 3.15. The molecule has 0 aliphatic carbocycles. The predicted molar refractivity (Wildman–Crippen MR) is 237 cm³/mol. The summed E-state index contributed by atoms with van der Waals surface area (Å²) in [5, 5.41) is 14.0. The van der Waals surface area contributed by atoms with Gasteiger partial charge in [-0.25, -0.2) is 20.3 Å². The maximum Gasteiger partial charge on any atom is 0.280 e. The molecule has 0 aromatic heterocycles. The summed E-state index contributed by atoms with van der Waals surface area (Å²) < 4.78 is 89.3. The molecule has 30 heteroatoms. The van der Waals surface area contributed by atoms with Crippen LogP contribution in [-0.4, -0.2) is 132 Å². The fourth-order valence-corrected chi connectivity index (χ4v) is 29.6. The number of nitrogens with one attached hydrogen (secondary N) is 4. The standard InChI is InChI=1S/C28H60Cl4N10O10P6/c29-53(30)37-55-33-9-5-1-2-6-10-34-56-38-54(31,32)40-58(42-56,52-28-24-48-20-16-44-14-18-46-22-26-50-56)36-12-8-4-3-7-11-35-57(39-53,41-55)51-27-23-47-19-15-43-13-17-45-21-25-49-55/h33-36H,1-28H2. The van der Waals surface area contributed by atoms with Crippen molar-refractivity contribution in [3.8, 4) is 0 Å². The number of halogens is 4. The summed E-state index contributed by atoms with van der Waals surface area (Å²) in [6.07, 6.45) is 6.70. The highest BCUT2D eigenvalue weighted by atomic mass is 35.9. The van der Waals surface area contributed by atoms with E-state index in [1.807, 2.05) is 0 Å². The van der Waals surface area contributed by atoms with Crippen LogP contribution in [0.25, 0.3) is 0 Å². The Bertz CT molecular complexity index is 1440. The molecule has 4 N–H and O–H groups in total. The lowest BCUT2D eigenvalue weighted by Gasteiger charge is -2.32. The normalized spacial score (nSPS) is 35.8. The third-order valence-corrected chi connectivity index (χ3v) is 29.1. The zero-order chi connectivity index (χ0) is 40.9.